The van der Waals surface area contributed by atoms with Crippen LogP contribution in [0.5, 0.6) is 0 Å². The van der Waals surface area contributed by atoms with Crippen LogP contribution < -0.4 is 5.32 Å². The van der Waals surface area contributed by atoms with Crippen molar-refractivity contribution in [2.75, 3.05) is 7.05 Å². The summed E-state index contributed by atoms with van der Waals surface area (Å²) in [5, 5.41) is 12.4. The van der Waals surface area contributed by atoms with Crippen molar-refractivity contribution in [1.82, 2.24) is 14.9 Å². The first-order valence-electron chi connectivity index (χ1n) is 6.01. The predicted molar refractivity (Wildman–Crippen MR) is 70.4 cm³/mol. The Balaban J connectivity index is 2.55. The number of rotatable bonds is 4. The van der Waals surface area contributed by atoms with Gasteiger partial charge >= 0.3 is 0 Å². The number of para-hydroxylation sites is 1. The summed E-state index contributed by atoms with van der Waals surface area (Å²) in [6.07, 6.45) is 4.46. The van der Waals surface area contributed by atoms with E-state index in [1.807, 2.05) is 36.0 Å². The third-order valence-corrected chi connectivity index (χ3v) is 3.07. The molecule has 1 atom stereocenters. The lowest BCUT2D eigenvalue weighted by Gasteiger charge is -2.19. The van der Waals surface area contributed by atoms with Gasteiger partial charge in [0.05, 0.1) is 5.69 Å². The van der Waals surface area contributed by atoms with E-state index in [0.717, 1.165) is 12.1 Å². The zero-order chi connectivity index (χ0) is 13.0. The van der Waals surface area contributed by atoms with Crippen molar-refractivity contribution < 1.29 is 0 Å². The molecule has 0 bridgehead atoms. The van der Waals surface area contributed by atoms with Crippen molar-refractivity contribution in [1.29, 1.82) is 5.26 Å². The molecule has 0 saturated heterocycles. The highest BCUT2D eigenvalue weighted by Crippen LogP contribution is 2.24. The Hall–Kier alpha value is -2.12. The van der Waals surface area contributed by atoms with Crippen molar-refractivity contribution in [2.45, 2.75) is 19.4 Å². The summed E-state index contributed by atoms with van der Waals surface area (Å²) in [5.41, 5.74) is 2.18. The molecule has 0 aliphatic carbocycles. The van der Waals surface area contributed by atoms with Crippen LogP contribution in [-0.4, -0.2) is 16.6 Å². The molecule has 0 amide bonds. The van der Waals surface area contributed by atoms with Gasteiger partial charge in [-0.05, 0) is 25.1 Å². The van der Waals surface area contributed by atoms with E-state index >= 15 is 0 Å². The number of nitrogens with one attached hydrogen (secondary N) is 1. The van der Waals surface area contributed by atoms with Gasteiger partial charge in [-0.2, -0.15) is 5.26 Å². The summed E-state index contributed by atoms with van der Waals surface area (Å²) in [6, 6.07) is 10.5. The highest BCUT2D eigenvalue weighted by Gasteiger charge is 2.14. The molecule has 0 saturated carbocycles. The average Bonchev–Trinajstić information content (AvgIpc) is 2.89. The van der Waals surface area contributed by atoms with Crippen molar-refractivity contribution in [2.24, 2.45) is 0 Å². The lowest BCUT2D eigenvalue weighted by molar-refractivity contribution is 0.574. The van der Waals surface area contributed by atoms with Crippen LogP contribution in [0.2, 0.25) is 0 Å². The molecule has 1 N–H and O–H groups in total. The smallest absolute Gasteiger partial charge is 0.217 e. The van der Waals surface area contributed by atoms with Crippen molar-refractivity contribution in [3.05, 3.63) is 48.0 Å². The summed E-state index contributed by atoms with van der Waals surface area (Å²) >= 11 is 0. The summed E-state index contributed by atoms with van der Waals surface area (Å²) in [5.74, 6) is 0.411. The molecule has 0 radical (unpaired) electrons. The maximum absolute atomic E-state index is 9.06. The third-order valence-electron chi connectivity index (χ3n) is 3.07. The first kappa shape index (κ1) is 12.3. The second-order valence-corrected chi connectivity index (χ2v) is 4.04. The number of nitrogens with zero attached hydrogens (tertiary/aromatic N) is 3. The number of imidazole rings is 1. The second-order valence-electron chi connectivity index (χ2n) is 4.04. The normalized spacial score (nSPS) is 12.1. The topological polar surface area (TPSA) is 53.6 Å². The third kappa shape index (κ3) is 2.13. The molecule has 18 heavy (non-hydrogen) atoms. The highest BCUT2D eigenvalue weighted by atomic mass is 15.1. The molecular formula is C14H16N4. The van der Waals surface area contributed by atoms with E-state index in [0.29, 0.717) is 5.82 Å². The zero-order valence-electron chi connectivity index (χ0n) is 10.6. The van der Waals surface area contributed by atoms with E-state index < -0.39 is 0 Å². The molecule has 1 aromatic carbocycles. The molecule has 0 aliphatic heterocycles. The van der Waals surface area contributed by atoms with Gasteiger partial charge in [0, 0.05) is 18.4 Å². The number of aromatic nitrogens is 2. The van der Waals surface area contributed by atoms with Crippen LogP contribution in [0.4, 0.5) is 0 Å². The van der Waals surface area contributed by atoms with Crippen LogP contribution in [0.15, 0.2) is 36.7 Å². The van der Waals surface area contributed by atoms with Crippen molar-refractivity contribution in [3.8, 4) is 11.8 Å². The number of benzene rings is 1. The lowest BCUT2D eigenvalue weighted by Crippen LogP contribution is -2.17. The predicted octanol–water partition coefficient (Wildman–Crippen LogP) is 2.41. The Labute approximate surface area is 107 Å². The molecule has 0 fully saturated rings. The quantitative estimate of drug-likeness (QED) is 0.892. The molecule has 0 spiro atoms. The molecule has 1 heterocycles. The summed E-state index contributed by atoms with van der Waals surface area (Å²) in [7, 11) is 1.95. The Morgan fingerprint density at radius 2 is 2.22 bits per heavy atom. The van der Waals surface area contributed by atoms with Crippen LogP contribution in [0.1, 0.15) is 30.8 Å². The van der Waals surface area contributed by atoms with Crippen LogP contribution in [0.25, 0.3) is 5.69 Å². The summed E-state index contributed by atoms with van der Waals surface area (Å²) in [4.78, 5) is 4.04. The number of hydrogen-bond donors (Lipinski definition) is 1. The number of nitriles is 1. The van der Waals surface area contributed by atoms with Crippen LogP contribution >= 0.6 is 0 Å². The maximum Gasteiger partial charge on any atom is 0.217 e. The van der Waals surface area contributed by atoms with E-state index in [-0.39, 0.29) is 6.04 Å². The largest absolute Gasteiger partial charge is 0.313 e. The van der Waals surface area contributed by atoms with E-state index in [1.165, 1.54) is 5.56 Å². The van der Waals surface area contributed by atoms with Gasteiger partial charge in [-0.15, -0.1) is 0 Å². The SMILES string of the molecule is CCC(NC)c1ccccc1-n1ccnc1C#N. The van der Waals surface area contributed by atoms with Gasteiger partial charge in [0.2, 0.25) is 5.82 Å². The Bertz CT molecular complexity index is 561. The average molecular weight is 240 g/mol. The van der Waals surface area contributed by atoms with Gasteiger partial charge in [0.25, 0.3) is 0 Å². The van der Waals surface area contributed by atoms with Gasteiger partial charge in [-0.25, -0.2) is 4.98 Å². The van der Waals surface area contributed by atoms with Crippen molar-refractivity contribution in [3.63, 3.8) is 0 Å². The van der Waals surface area contributed by atoms with Crippen molar-refractivity contribution >= 4 is 0 Å². The second kappa shape index (κ2) is 5.48. The molecule has 92 valence electrons. The van der Waals surface area contributed by atoms with E-state index in [4.69, 9.17) is 5.26 Å². The number of hydrogen-bond acceptors (Lipinski definition) is 3. The maximum atomic E-state index is 9.06. The Morgan fingerprint density at radius 3 is 2.89 bits per heavy atom. The Kier molecular flexibility index (Phi) is 3.75. The first-order valence-corrected chi connectivity index (χ1v) is 6.01. The fraction of sp³-hybridized carbons (Fsp3) is 0.286. The van der Waals surface area contributed by atoms with E-state index in [1.54, 1.807) is 6.20 Å². The minimum absolute atomic E-state index is 0.273. The standard InChI is InChI=1S/C14H16N4/c1-3-12(16-2)11-6-4-5-7-13(11)18-9-8-17-14(18)10-15/h4-9,12,16H,3H2,1-2H3. The molecular weight excluding hydrogens is 224 g/mol. The van der Waals surface area contributed by atoms with Crippen LogP contribution in [0, 0.1) is 11.3 Å². The fourth-order valence-electron chi connectivity index (χ4n) is 2.16. The minimum atomic E-state index is 0.273. The van der Waals surface area contributed by atoms with Gasteiger partial charge in [-0.3, -0.25) is 4.57 Å². The van der Waals surface area contributed by atoms with E-state index in [2.05, 4.69) is 29.4 Å². The molecule has 1 unspecified atom stereocenters. The highest BCUT2D eigenvalue weighted by molar-refractivity contribution is 5.45. The molecule has 4 heteroatoms. The fourth-order valence-corrected chi connectivity index (χ4v) is 2.16. The van der Waals surface area contributed by atoms with Gasteiger partial charge in [-0.1, -0.05) is 25.1 Å². The summed E-state index contributed by atoms with van der Waals surface area (Å²) < 4.78 is 1.83. The molecule has 0 aliphatic rings. The van der Waals surface area contributed by atoms with Crippen LogP contribution in [-0.2, 0) is 0 Å². The van der Waals surface area contributed by atoms with Gasteiger partial charge in [0.1, 0.15) is 6.07 Å². The summed E-state index contributed by atoms with van der Waals surface area (Å²) in [6.45, 7) is 2.14. The van der Waals surface area contributed by atoms with Gasteiger partial charge < -0.3 is 5.32 Å². The molecule has 4 nitrogen and oxygen atoms in total. The monoisotopic (exact) mass is 240 g/mol. The first-order chi connectivity index (χ1) is 8.81. The minimum Gasteiger partial charge on any atom is -0.313 e. The molecule has 1 aromatic heterocycles. The zero-order valence-corrected chi connectivity index (χ0v) is 10.6. The van der Waals surface area contributed by atoms with Crippen LogP contribution in [0.3, 0.4) is 0 Å². The molecule has 2 aromatic rings. The van der Waals surface area contributed by atoms with Gasteiger partial charge in [0.15, 0.2) is 0 Å². The van der Waals surface area contributed by atoms with E-state index in [9.17, 15) is 0 Å². The Morgan fingerprint density at radius 1 is 1.44 bits per heavy atom. The lowest BCUT2D eigenvalue weighted by atomic mass is 10.0. The molecule has 2 rings (SSSR count).